The SMILES string of the molecule is CCN(CC)CCCCCNC=CCOCC=CNCCCCCN(CC)CC. The Balaban J connectivity index is 3.29. The van der Waals surface area contributed by atoms with Gasteiger partial charge in [-0.2, -0.15) is 0 Å². The third kappa shape index (κ3) is 20.0. The van der Waals surface area contributed by atoms with Gasteiger partial charge >= 0.3 is 0 Å². The molecule has 0 unspecified atom stereocenters. The van der Waals surface area contributed by atoms with Gasteiger partial charge < -0.3 is 25.2 Å². The van der Waals surface area contributed by atoms with Gasteiger partial charge in [0.15, 0.2) is 0 Å². The maximum atomic E-state index is 5.56. The number of unbranched alkanes of at least 4 members (excludes halogenated alkanes) is 4. The van der Waals surface area contributed by atoms with Gasteiger partial charge in [-0.3, -0.25) is 0 Å². The van der Waals surface area contributed by atoms with Gasteiger partial charge in [0.05, 0.1) is 13.2 Å². The topological polar surface area (TPSA) is 39.8 Å². The largest absolute Gasteiger partial charge is 0.391 e. The van der Waals surface area contributed by atoms with Gasteiger partial charge in [-0.05, 0) is 89.5 Å². The lowest BCUT2D eigenvalue weighted by Crippen LogP contribution is -2.24. The Kier molecular flexibility index (Phi) is 22.4. The standard InChI is InChI=1S/C24H50N4O/c1-5-27(6-2)21-13-9-11-17-25-19-15-23-29-24-16-20-26-18-12-10-14-22-28(7-3)8-4/h15-16,19-20,25-26H,5-14,17-18,21-24H2,1-4H3. The average molecular weight is 411 g/mol. The summed E-state index contributed by atoms with van der Waals surface area (Å²) in [7, 11) is 0. The molecule has 0 aromatic heterocycles. The Labute approximate surface area is 181 Å². The van der Waals surface area contributed by atoms with Crippen molar-refractivity contribution in [2.75, 3.05) is 65.6 Å². The normalized spacial score (nSPS) is 12.1. The molecule has 5 nitrogen and oxygen atoms in total. The number of rotatable bonds is 22. The Morgan fingerprint density at radius 2 is 1.00 bits per heavy atom. The molecule has 5 heteroatoms. The fraction of sp³-hybridized carbons (Fsp3) is 0.833. The minimum absolute atomic E-state index is 0.657. The van der Waals surface area contributed by atoms with E-state index in [2.05, 4.69) is 48.1 Å². The molecule has 172 valence electrons. The highest BCUT2D eigenvalue weighted by Crippen LogP contribution is 1.98. The maximum absolute atomic E-state index is 5.56. The molecule has 0 spiro atoms. The van der Waals surface area contributed by atoms with Crippen molar-refractivity contribution in [3.05, 3.63) is 24.6 Å². The van der Waals surface area contributed by atoms with E-state index in [1.807, 2.05) is 24.6 Å². The van der Waals surface area contributed by atoms with Gasteiger partial charge in [0.25, 0.3) is 0 Å². The Hall–Kier alpha value is -1.04. The summed E-state index contributed by atoms with van der Waals surface area (Å²) >= 11 is 0. The quantitative estimate of drug-likeness (QED) is 0.261. The first kappa shape index (κ1) is 28.0. The van der Waals surface area contributed by atoms with Crippen molar-refractivity contribution < 1.29 is 4.74 Å². The summed E-state index contributed by atoms with van der Waals surface area (Å²) in [5.41, 5.74) is 0. The molecule has 0 aliphatic heterocycles. The predicted molar refractivity (Wildman–Crippen MR) is 128 cm³/mol. The smallest absolute Gasteiger partial charge is 0.0668 e. The van der Waals surface area contributed by atoms with Crippen molar-refractivity contribution >= 4 is 0 Å². The van der Waals surface area contributed by atoms with Gasteiger partial charge in [-0.15, -0.1) is 0 Å². The molecule has 0 aromatic rings. The van der Waals surface area contributed by atoms with Crippen molar-refractivity contribution in [2.45, 2.75) is 66.2 Å². The van der Waals surface area contributed by atoms with Gasteiger partial charge in [0.2, 0.25) is 0 Å². The minimum atomic E-state index is 0.657. The van der Waals surface area contributed by atoms with Crippen LogP contribution < -0.4 is 10.6 Å². The molecular formula is C24H50N4O. The molecule has 0 saturated heterocycles. The lowest BCUT2D eigenvalue weighted by molar-refractivity contribution is 0.193. The van der Waals surface area contributed by atoms with E-state index in [4.69, 9.17) is 4.74 Å². The summed E-state index contributed by atoms with van der Waals surface area (Å²) in [4.78, 5) is 4.98. The highest BCUT2D eigenvalue weighted by Gasteiger charge is 1.98. The van der Waals surface area contributed by atoms with E-state index in [1.54, 1.807) is 0 Å². The molecule has 2 N–H and O–H groups in total. The second kappa shape index (κ2) is 23.2. The Morgan fingerprint density at radius 3 is 1.38 bits per heavy atom. The molecule has 0 fully saturated rings. The van der Waals surface area contributed by atoms with Crippen LogP contribution in [0.15, 0.2) is 24.6 Å². The summed E-state index contributed by atoms with van der Waals surface area (Å²) in [6.07, 6.45) is 15.8. The molecule has 0 heterocycles. The predicted octanol–water partition coefficient (Wildman–Crippen LogP) is 4.23. The number of hydrogen-bond acceptors (Lipinski definition) is 5. The van der Waals surface area contributed by atoms with Gasteiger partial charge in [-0.1, -0.05) is 40.5 Å². The molecule has 0 radical (unpaired) electrons. The van der Waals surface area contributed by atoms with Crippen LogP contribution in [0.1, 0.15) is 66.2 Å². The third-order valence-corrected chi connectivity index (χ3v) is 5.28. The lowest BCUT2D eigenvalue weighted by atomic mass is 10.2. The number of nitrogens with zero attached hydrogens (tertiary/aromatic N) is 2. The zero-order valence-corrected chi connectivity index (χ0v) is 19.9. The second-order valence-electron chi connectivity index (χ2n) is 7.43. The summed E-state index contributed by atoms with van der Waals surface area (Å²) < 4.78 is 5.56. The van der Waals surface area contributed by atoms with E-state index in [0.717, 1.165) is 13.1 Å². The van der Waals surface area contributed by atoms with Crippen LogP contribution in [0.5, 0.6) is 0 Å². The van der Waals surface area contributed by atoms with Gasteiger partial charge in [0, 0.05) is 13.1 Å². The van der Waals surface area contributed by atoms with Crippen molar-refractivity contribution in [1.82, 2.24) is 20.4 Å². The third-order valence-electron chi connectivity index (χ3n) is 5.28. The van der Waals surface area contributed by atoms with Crippen molar-refractivity contribution in [2.24, 2.45) is 0 Å². The summed E-state index contributed by atoms with van der Waals surface area (Å²) in [5, 5.41) is 6.69. The van der Waals surface area contributed by atoms with Gasteiger partial charge in [-0.25, -0.2) is 0 Å². The number of hydrogen-bond donors (Lipinski definition) is 2. The van der Waals surface area contributed by atoms with Gasteiger partial charge in [0.1, 0.15) is 0 Å². The summed E-state index contributed by atoms with van der Waals surface area (Å²) in [6.45, 7) is 19.5. The first-order valence-electron chi connectivity index (χ1n) is 12.1. The summed E-state index contributed by atoms with van der Waals surface area (Å²) in [6, 6.07) is 0. The zero-order chi connectivity index (χ0) is 21.4. The average Bonchev–Trinajstić information content (AvgIpc) is 2.75. The van der Waals surface area contributed by atoms with Crippen LogP contribution in [0.25, 0.3) is 0 Å². The molecule has 0 aromatic carbocycles. The van der Waals surface area contributed by atoms with E-state index in [9.17, 15) is 0 Å². The molecule has 29 heavy (non-hydrogen) atoms. The lowest BCUT2D eigenvalue weighted by Gasteiger charge is -2.17. The first-order chi connectivity index (χ1) is 14.3. The fourth-order valence-electron chi connectivity index (χ4n) is 3.19. The van der Waals surface area contributed by atoms with Crippen LogP contribution in [0.3, 0.4) is 0 Å². The molecule has 0 amide bonds. The second-order valence-corrected chi connectivity index (χ2v) is 7.43. The van der Waals surface area contributed by atoms with E-state index in [1.165, 1.54) is 77.8 Å². The molecule has 0 atom stereocenters. The number of ether oxygens (including phenoxy) is 1. The molecule has 0 aliphatic rings. The van der Waals surface area contributed by atoms with Crippen LogP contribution in [-0.2, 0) is 4.74 Å². The molecule has 0 bridgehead atoms. The summed E-state index contributed by atoms with van der Waals surface area (Å²) in [5.74, 6) is 0. The minimum Gasteiger partial charge on any atom is -0.391 e. The fourth-order valence-corrected chi connectivity index (χ4v) is 3.19. The highest BCUT2D eigenvalue weighted by atomic mass is 16.5. The van der Waals surface area contributed by atoms with E-state index in [0.29, 0.717) is 13.2 Å². The van der Waals surface area contributed by atoms with Crippen LogP contribution in [0.2, 0.25) is 0 Å². The number of nitrogens with one attached hydrogen (secondary N) is 2. The van der Waals surface area contributed by atoms with Crippen LogP contribution >= 0.6 is 0 Å². The first-order valence-corrected chi connectivity index (χ1v) is 12.1. The van der Waals surface area contributed by atoms with E-state index >= 15 is 0 Å². The zero-order valence-electron chi connectivity index (χ0n) is 19.9. The molecular weight excluding hydrogens is 360 g/mol. The van der Waals surface area contributed by atoms with E-state index in [-0.39, 0.29) is 0 Å². The van der Waals surface area contributed by atoms with Crippen molar-refractivity contribution in [3.8, 4) is 0 Å². The van der Waals surface area contributed by atoms with Crippen molar-refractivity contribution in [1.29, 1.82) is 0 Å². The van der Waals surface area contributed by atoms with Crippen LogP contribution in [0, 0.1) is 0 Å². The highest BCUT2D eigenvalue weighted by molar-refractivity contribution is 4.82. The monoisotopic (exact) mass is 410 g/mol. The molecule has 0 aliphatic carbocycles. The molecule has 0 saturated carbocycles. The maximum Gasteiger partial charge on any atom is 0.0668 e. The Morgan fingerprint density at radius 1 is 0.586 bits per heavy atom. The molecule has 0 rings (SSSR count). The van der Waals surface area contributed by atoms with E-state index < -0.39 is 0 Å². The Bertz CT molecular complexity index is 332. The van der Waals surface area contributed by atoms with Crippen LogP contribution in [-0.4, -0.2) is 75.4 Å². The van der Waals surface area contributed by atoms with Crippen LogP contribution in [0.4, 0.5) is 0 Å². The van der Waals surface area contributed by atoms with Crippen molar-refractivity contribution in [3.63, 3.8) is 0 Å².